The third kappa shape index (κ3) is 3.04. The quantitative estimate of drug-likeness (QED) is 0.491. The Bertz CT molecular complexity index is 1360. The minimum Gasteiger partial charge on any atom is -0.493 e. The Morgan fingerprint density at radius 1 is 0.879 bits per heavy atom. The number of methoxy groups -OCH3 is 2. The highest BCUT2D eigenvalue weighted by molar-refractivity contribution is 5.85. The zero-order valence-corrected chi connectivity index (χ0v) is 18.2. The summed E-state index contributed by atoms with van der Waals surface area (Å²) >= 11 is 0. The summed E-state index contributed by atoms with van der Waals surface area (Å²) in [5, 5.41) is 8.09. The largest absolute Gasteiger partial charge is 0.493 e. The van der Waals surface area contributed by atoms with Gasteiger partial charge in [0, 0.05) is 11.1 Å². The second-order valence-electron chi connectivity index (χ2n) is 7.91. The van der Waals surface area contributed by atoms with Crippen molar-refractivity contribution < 1.29 is 14.2 Å². The zero-order chi connectivity index (χ0) is 22.4. The molecule has 3 aromatic carbocycles. The van der Waals surface area contributed by atoms with Crippen molar-refractivity contribution in [2.24, 2.45) is 0 Å². The number of fused-ring (bicyclic) bond motifs is 3. The fourth-order valence-electron chi connectivity index (χ4n) is 4.66. The molecule has 0 fully saturated rings. The van der Waals surface area contributed by atoms with Crippen LogP contribution in [0.2, 0.25) is 0 Å². The van der Waals surface area contributed by atoms with Crippen LogP contribution in [0.25, 0.3) is 5.70 Å². The van der Waals surface area contributed by atoms with Gasteiger partial charge in [-0.3, -0.25) is 0 Å². The first-order valence-corrected chi connectivity index (χ1v) is 10.7. The summed E-state index contributed by atoms with van der Waals surface area (Å²) in [6.45, 7) is 0. The van der Waals surface area contributed by atoms with Gasteiger partial charge in [0.1, 0.15) is 24.2 Å². The second kappa shape index (κ2) is 7.70. The first-order valence-electron chi connectivity index (χ1n) is 10.7. The van der Waals surface area contributed by atoms with Gasteiger partial charge >= 0.3 is 0 Å². The molecule has 4 aromatic rings. The van der Waals surface area contributed by atoms with Gasteiger partial charge in [-0.05, 0) is 35.4 Å². The van der Waals surface area contributed by atoms with Crippen molar-refractivity contribution in [3.8, 4) is 17.2 Å². The zero-order valence-electron chi connectivity index (χ0n) is 18.2. The summed E-state index contributed by atoms with van der Waals surface area (Å²) in [6.07, 6.45) is 1.26. The lowest BCUT2D eigenvalue weighted by Crippen LogP contribution is -2.32. The SMILES string of the molecule is COc1ccc([C@@H]2C3=C(Nc4ncnn42)c2ccccc2O[C@@H]3c2ccccc2)cc1OC. The molecule has 7 heteroatoms. The number of benzene rings is 3. The smallest absolute Gasteiger partial charge is 0.226 e. The van der Waals surface area contributed by atoms with E-state index in [0.29, 0.717) is 17.4 Å². The van der Waals surface area contributed by atoms with Crippen LogP contribution in [0, 0.1) is 0 Å². The molecule has 0 radical (unpaired) electrons. The molecule has 0 saturated heterocycles. The summed E-state index contributed by atoms with van der Waals surface area (Å²) < 4.78 is 19.6. The summed E-state index contributed by atoms with van der Waals surface area (Å²) in [5.74, 6) is 2.84. The summed E-state index contributed by atoms with van der Waals surface area (Å²) in [5.41, 5.74) is 5.11. The molecule has 0 bridgehead atoms. The summed E-state index contributed by atoms with van der Waals surface area (Å²) in [4.78, 5) is 4.48. The Morgan fingerprint density at radius 3 is 2.48 bits per heavy atom. The van der Waals surface area contributed by atoms with Gasteiger partial charge in [-0.15, -0.1) is 0 Å². The Hall–Kier alpha value is -4.26. The van der Waals surface area contributed by atoms with Crippen LogP contribution in [-0.2, 0) is 0 Å². The molecule has 164 valence electrons. The molecule has 2 atom stereocenters. The van der Waals surface area contributed by atoms with Gasteiger partial charge < -0.3 is 19.5 Å². The van der Waals surface area contributed by atoms with E-state index in [2.05, 4.69) is 33.6 Å². The van der Waals surface area contributed by atoms with Gasteiger partial charge in [0.05, 0.1) is 19.9 Å². The van der Waals surface area contributed by atoms with E-state index in [1.54, 1.807) is 20.5 Å². The molecular formula is C26H22N4O3. The fourth-order valence-corrected chi connectivity index (χ4v) is 4.66. The molecule has 2 aliphatic rings. The van der Waals surface area contributed by atoms with Crippen LogP contribution < -0.4 is 19.5 Å². The lowest BCUT2D eigenvalue weighted by atomic mass is 9.84. The molecule has 0 spiro atoms. The van der Waals surface area contributed by atoms with Crippen LogP contribution in [-0.4, -0.2) is 29.0 Å². The van der Waals surface area contributed by atoms with Crippen LogP contribution >= 0.6 is 0 Å². The number of rotatable bonds is 4. The lowest BCUT2D eigenvalue weighted by molar-refractivity contribution is 0.223. The molecular weight excluding hydrogens is 416 g/mol. The van der Waals surface area contributed by atoms with E-state index >= 15 is 0 Å². The van der Waals surface area contributed by atoms with Crippen molar-refractivity contribution in [1.29, 1.82) is 0 Å². The fraction of sp³-hybridized carbons (Fsp3) is 0.154. The standard InChI is InChI=1S/C26H22N4O3/c1-31-20-13-12-17(14-21(20)32-2)24-22-23(29-26-27-15-28-30(24)26)18-10-6-7-11-19(18)33-25(22)16-8-4-3-5-9-16/h3-15,24-25H,1-2H3,(H,27,28,29)/t24-,25-/m1/s1. The van der Waals surface area contributed by atoms with Crippen LogP contribution in [0.3, 0.4) is 0 Å². The highest BCUT2D eigenvalue weighted by Crippen LogP contribution is 2.51. The van der Waals surface area contributed by atoms with Crippen molar-refractivity contribution in [2.75, 3.05) is 19.5 Å². The predicted molar refractivity (Wildman–Crippen MR) is 125 cm³/mol. The van der Waals surface area contributed by atoms with Crippen molar-refractivity contribution in [3.05, 3.63) is 101 Å². The minimum absolute atomic E-state index is 0.253. The van der Waals surface area contributed by atoms with E-state index in [4.69, 9.17) is 14.2 Å². The number of nitrogens with zero attached hydrogens (tertiary/aromatic N) is 3. The van der Waals surface area contributed by atoms with Gasteiger partial charge in [-0.25, -0.2) is 4.68 Å². The monoisotopic (exact) mass is 438 g/mol. The number of hydrogen-bond donors (Lipinski definition) is 1. The maximum atomic E-state index is 6.62. The first-order chi connectivity index (χ1) is 16.3. The van der Waals surface area contributed by atoms with Crippen LogP contribution in [0.4, 0.5) is 5.95 Å². The summed E-state index contributed by atoms with van der Waals surface area (Å²) in [7, 11) is 3.28. The molecule has 0 saturated carbocycles. The maximum absolute atomic E-state index is 6.62. The van der Waals surface area contributed by atoms with Crippen LogP contribution in [0.5, 0.6) is 17.2 Å². The predicted octanol–water partition coefficient (Wildman–Crippen LogP) is 4.86. The van der Waals surface area contributed by atoms with Gasteiger partial charge in [-0.1, -0.05) is 48.5 Å². The van der Waals surface area contributed by atoms with Crippen molar-refractivity contribution in [1.82, 2.24) is 14.8 Å². The number of para-hydroxylation sites is 1. The summed E-state index contributed by atoms with van der Waals surface area (Å²) in [6, 6.07) is 24.0. The molecule has 0 aliphatic carbocycles. The van der Waals surface area contributed by atoms with E-state index in [9.17, 15) is 0 Å². The Morgan fingerprint density at radius 2 is 1.67 bits per heavy atom. The van der Waals surface area contributed by atoms with E-state index in [1.165, 1.54) is 0 Å². The van der Waals surface area contributed by atoms with Gasteiger partial charge in [-0.2, -0.15) is 10.1 Å². The van der Waals surface area contributed by atoms with E-state index in [0.717, 1.165) is 33.7 Å². The molecule has 3 heterocycles. The van der Waals surface area contributed by atoms with E-state index in [1.807, 2.05) is 59.3 Å². The van der Waals surface area contributed by atoms with Crippen LogP contribution in [0.15, 0.2) is 84.7 Å². The van der Waals surface area contributed by atoms with Crippen molar-refractivity contribution in [3.63, 3.8) is 0 Å². The van der Waals surface area contributed by atoms with Crippen LogP contribution in [0.1, 0.15) is 28.8 Å². The average molecular weight is 438 g/mol. The van der Waals surface area contributed by atoms with Gasteiger partial charge in [0.2, 0.25) is 5.95 Å². The molecule has 0 unspecified atom stereocenters. The first kappa shape index (κ1) is 19.4. The number of anilines is 1. The van der Waals surface area contributed by atoms with E-state index < -0.39 is 0 Å². The number of hydrogen-bond acceptors (Lipinski definition) is 6. The Balaban J connectivity index is 1.62. The van der Waals surface area contributed by atoms with E-state index in [-0.39, 0.29) is 12.1 Å². The number of ether oxygens (including phenoxy) is 3. The minimum atomic E-state index is -0.306. The highest BCUT2D eigenvalue weighted by atomic mass is 16.5. The third-order valence-electron chi connectivity index (χ3n) is 6.15. The normalized spacial score (nSPS) is 18.4. The number of aromatic nitrogens is 3. The Kier molecular flexibility index (Phi) is 4.54. The van der Waals surface area contributed by atoms with Gasteiger partial charge in [0.25, 0.3) is 0 Å². The maximum Gasteiger partial charge on any atom is 0.226 e. The third-order valence-corrected chi connectivity index (χ3v) is 6.15. The molecule has 6 rings (SSSR count). The Labute approximate surface area is 191 Å². The topological polar surface area (TPSA) is 70.4 Å². The van der Waals surface area contributed by atoms with Crippen molar-refractivity contribution >= 4 is 11.6 Å². The second-order valence-corrected chi connectivity index (χ2v) is 7.91. The lowest BCUT2D eigenvalue weighted by Gasteiger charge is -2.39. The molecule has 7 nitrogen and oxygen atoms in total. The molecule has 1 aromatic heterocycles. The number of nitrogens with one attached hydrogen (secondary N) is 1. The highest BCUT2D eigenvalue weighted by Gasteiger charge is 2.41. The van der Waals surface area contributed by atoms with Gasteiger partial charge in [0.15, 0.2) is 11.5 Å². The molecule has 0 amide bonds. The molecule has 1 N–H and O–H groups in total. The molecule has 2 aliphatic heterocycles. The van der Waals surface area contributed by atoms with Crippen molar-refractivity contribution in [2.45, 2.75) is 12.1 Å². The molecule has 33 heavy (non-hydrogen) atoms. The average Bonchev–Trinajstić information content (AvgIpc) is 3.35.